The predicted octanol–water partition coefficient (Wildman–Crippen LogP) is 4.03. The number of fused-ring (bicyclic) bond motifs is 3. The second-order valence-electron chi connectivity index (χ2n) is 6.01. The molecule has 0 radical (unpaired) electrons. The number of nitrogens with zero attached hydrogens (tertiary/aromatic N) is 1. The molecule has 3 aromatic rings. The van der Waals surface area contributed by atoms with Gasteiger partial charge in [-0.25, -0.2) is 9.78 Å². The van der Waals surface area contributed by atoms with Crippen molar-refractivity contribution in [2.45, 2.75) is 33.1 Å². The molecule has 0 fully saturated rings. The number of ether oxygens (including phenoxy) is 2. The highest BCUT2D eigenvalue weighted by atomic mass is 16.5. The van der Waals surface area contributed by atoms with Crippen LogP contribution in [0.1, 0.15) is 41.9 Å². The van der Waals surface area contributed by atoms with Gasteiger partial charge in [-0.2, -0.15) is 0 Å². The van der Waals surface area contributed by atoms with Crippen molar-refractivity contribution in [3.05, 3.63) is 41.2 Å². The summed E-state index contributed by atoms with van der Waals surface area (Å²) in [4.78, 5) is 20.1. The molecule has 5 nitrogen and oxygen atoms in total. The lowest BCUT2D eigenvalue weighted by Gasteiger charge is -2.09. The summed E-state index contributed by atoms with van der Waals surface area (Å²) >= 11 is 0. The van der Waals surface area contributed by atoms with Crippen molar-refractivity contribution in [2.24, 2.45) is 0 Å². The van der Waals surface area contributed by atoms with Crippen molar-refractivity contribution >= 4 is 27.8 Å². The average Bonchev–Trinajstić information content (AvgIpc) is 3.00. The zero-order valence-corrected chi connectivity index (χ0v) is 15.0. The highest BCUT2D eigenvalue weighted by Gasteiger charge is 2.20. The van der Waals surface area contributed by atoms with E-state index in [1.807, 2.05) is 13.8 Å². The Labute approximate surface area is 147 Å². The molecule has 0 aliphatic carbocycles. The van der Waals surface area contributed by atoms with E-state index in [1.54, 1.807) is 13.3 Å². The number of pyridine rings is 1. The first-order valence-corrected chi connectivity index (χ1v) is 8.78. The van der Waals surface area contributed by atoms with E-state index in [0.29, 0.717) is 12.3 Å². The number of benzene rings is 1. The van der Waals surface area contributed by atoms with Crippen LogP contribution in [0.3, 0.4) is 0 Å². The maximum Gasteiger partial charge on any atom is 0.357 e. The van der Waals surface area contributed by atoms with Gasteiger partial charge in [0.15, 0.2) is 5.69 Å². The first kappa shape index (κ1) is 17.4. The summed E-state index contributed by atoms with van der Waals surface area (Å²) in [6, 6.07) is 6.28. The predicted molar refractivity (Wildman–Crippen MR) is 99.1 cm³/mol. The molecule has 2 aromatic heterocycles. The van der Waals surface area contributed by atoms with Gasteiger partial charge < -0.3 is 14.5 Å². The van der Waals surface area contributed by atoms with Crippen LogP contribution < -0.4 is 0 Å². The molecule has 0 aliphatic heterocycles. The molecular formula is C20H24N2O3. The van der Waals surface area contributed by atoms with Gasteiger partial charge in [-0.3, -0.25) is 0 Å². The van der Waals surface area contributed by atoms with Gasteiger partial charge in [-0.1, -0.05) is 19.1 Å². The van der Waals surface area contributed by atoms with E-state index in [1.165, 1.54) is 10.9 Å². The summed E-state index contributed by atoms with van der Waals surface area (Å²) in [6.07, 6.45) is 4.34. The van der Waals surface area contributed by atoms with Crippen LogP contribution in [0.15, 0.2) is 24.4 Å². The molecule has 5 heteroatoms. The summed E-state index contributed by atoms with van der Waals surface area (Å²) in [7, 11) is 1.72. The van der Waals surface area contributed by atoms with Gasteiger partial charge in [0.25, 0.3) is 0 Å². The molecule has 0 unspecified atom stereocenters. The van der Waals surface area contributed by atoms with E-state index in [4.69, 9.17) is 9.47 Å². The van der Waals surface area contributed by atoms with Crippen molar-refractivity contribution in [1.82, 2.24) is 9.97 Å². The average molecular weight is 340 g/mol. The van der Waals surface area contributed by atoms with Gasteiger partial charge in [0.1, 0.15) is 0 Å². The number of H-pyrrole nitrogens is 1. The van der Waals surface area contributed by atoms with Gasteiger partial charge in [-0.15, -0.1) is 0 Å². The Bertz CT molecular complexity index is 899. The lowest BCUT2D eigenvalue weighted by molar-refractivity contribution is 0.0518. The van der Waals surface area contributed by atoms with Crippen LogP contribution in [-0.4, -0.2) is 36.3 Å². The van der Waals surface area contributed by atoms with Crippen molar-refractivity contribution in [1.29, 1.82) is 0 Å². The van der Waals surface area contributed by atoms with Crippen LogP contribution in [0.5, 0.6) is 0 Å². The zero-order chi connectivity index (χ0) is 17.8. The first-order valence-electron chi connectivity index (χ1n) is 8.78. The summed E-state index contributed by atoms with van der Waals surface area (Å²) in [5.41, 5.74) is 4.66. The Hall–Kier alpha value is -2.40. The Morgan fingerprint density at radius 2 is 2.04 bits per heavy atom. The van der Waals surface area contributed by atoms with E-state index in [2.05, 4.69) is 28.2 Å². The number of aromatic nitrogens is 2. The molecular weight excluding hydrogens is 316 g/mol. The monoisotopic (exact) mass is 340 g/mol. The molecule has 0 aliphatic rings. The lowest BCUT2D eigenvalue weighted by Crippen LogP contribution is -2.10. The summed E-state index contributed by atoms with van der Waals surface area (Å²) in [6.45, 7) is 4.93. The van der Waals surface area contributed by atoms with Crippen LogP contribution in [-0.2, 0) is 22.3 Å². The quantitative estimate of drug-likeness (QED) is 0.521. The molecule has 25 heavy (non-hydrogen) atoms. The minimum Gasteiger partial charge on any atom is -0.461 e. The van der Waals surface area contributed by atoms with Crippen LogP contribution in [0.2, 0.25) is 0 Å². The summed E-state index contributed by atoms with van der Waals surface area (Å²) < 4.78 is 10.4. The standard InChI is InChI=1S/C20H24N2O3/c1-4-14-18-16(12-21-19(14)20(23)25-5-2)22-15-10-6-8-13(17(15)18)9-7-11-24-3/h6,8,10,12,22H,4-5,7,9,11H2,1-3H3. The molecule has 0 amide bonds. The van der Waals surface area contributed by atoms with Crippen LogP contribution in [0, 0.1) is 0 Å². The second kappa shape index (κ2) is 7.66. The molecule has 0 bridgehead atoms. The third-order valence-electron chi connectivity index (χ3n) is 4.47. The maximum absolute atomic E-state index is 12.3. The van der Waals surface area contributed by atoms with Gasteiger partial charge in [-0.05, 0) is 43.4 Å². The Morgan fingerprint density at radius 1 is 1.20 bits per heavy atom. The number of aryl methyl sites for hydroxylation is 2. The fraction of sp³-hybridized carbons (Fsp3) is 0.400. The number of aromatic amines is 1. The van der Waals surface area contributed by atoms with Gasteiger partial charge >= 0.3 is 5.97 Å². The largest absolute Gasteiger partial charge is 0.461 e. The molecule has 2 heterocycles. The molecule has 0 saturated carbocycles. The molecule has 3 rings (SSSR count). The fourth-order valence-electron chi connectivity index (χ4n) is 3.41. The summed E-state index contributed by atoms with van der Waals surface area (Å²) in [5, 5.41) is 2.27. The van der Waals surface area contributed by atoms with Crippen LogP contribution >= 0.6 is 0 Å². The first-order chi connectivity index (χ1) is 12.2. The SMILES string of the molecule is CCOC(=O)c1ncc2[nH]c3cccc(CCCOC)c3c2c1CC. The van der Waals surface area contributed by atoms with Crippen molar-refractivity contribution < 1.29 is 14.3 Å². The lowest BCUT2D eigenvalue weighted by atomic mass is 9.98. The number of methoxy groups -OCH3 is 1. The summed E-state index contributed by atoms with van der Waals surface area (Å²) in [5.74, 6) is -0.354. The number of carbonyl (C=O) groups excluding carboxylic acids is 1. The number of carbonyl (C=O) groups is 1. The zero-order valence-electron chi connectivity index (χ0n) is 15.0. The Balaban J connectivity index is 2.22. The van der Waals surface area contributed by atoms with Crippen LogP contribution in [0.4, 0.5) is 0 Å². The van der Waals surface area contributed by atoms with Gasteiger partial charge in [0, 0.05) is 30.0 Å². The van der Waals surface area contributed by atoms with E-state index < -0.39 is 0 Å². The number of rotatable bonds is 7. The number of hydrogen-bond acceptors (Lipinski definition) is 4. The molecule has 1 N–H and O–H groups in total. The van der Waals surface area contributed by atoms with Crippen molar-refractivity contribution in [2.75, 3.05) is 20.3 Å². The molecule has 0 spiro atoms. The second-order valence-corrected chi connectivity index (χ2v) is 6.01. The van der Waals surface area contributed by atoms with E-state index in [9.17, 15) is 4.79 Å². The maximum atomic E-state index is 12.3. The van der Waals surface area contributed by atoms with E-state index in [0.717, 1.165) is 47.9 Å². The molecule has 132 valence electrons. The van der Waals surface area contributed by atoms with E-state index in [-0.39, 0.29) is 5.97 Å². The third kappa shape index (κ3) is 3.24. The highest BCUT2D eigenvalue weighted by molar-refractivity contribution is 6.12. The minimum atomic E-state index is -0.354. The third-order valence-corrected chi connectivity index (χ3v) is 4.47. The Kier molecular flexibility index (Phi) is 5.34. The Morgan fingerprint density at radius 3 is 2.76 bits per heavy atom. The van der Waals surface area contributed by atoms with Crippen molar-refractivity contribution in [3.8, 4) is 0 Å². The smallest absolute Gasteiger partial charge is 0.357 e. The van der Waals surface area contributed by atoms with Gasteiger partial charge in [0.05, 0.1) is 18.3 Å². The van der Waals surface area contributed by atoms with E-state index >= 15 is 0 Å². The number of nitrogens with one attached hydrogen (secondary N) is 1. The van der Waals surface area contributed by atoms with Crippen molar-refractivity contribution in [3.63, 3.8) is 0 Å². The number of hydrogen-bond donors (Lipinski definition) is 1. The molecule has 0 atom stereocenters. The molecule has 1 aromatic carbocycles. The topological polar surface area (TPSA) is 64.2 Å². The highest BCUT2D eigenvalue weighted by Crippen LogP contribution is 2.33. The number of esters is 1. The minimum absolute atomic E-state index is 0.345. The van der Waals surface area contributed by atoms with Gasteiger partial charge in [0.2, 0.25) is 0 Å². The molecule has 0 saturated heterocycles. The fourth-order valence-corrected chi connectivity index (χ4v) is 3.41. The van der Waals surface area contributed by atoms with Crippen LogP contribution in [0.25, 0.3) is 21.8 Å². The normalized spacial score (nSPS) is 11.3.